The smallest absolute Gasteiger partial charge is 0.203 e. The lowest BCUT2D eigenvalue weighted by Crippen LogP contribution is -1.87. The zero-order valence-corrected chi connectivity index (χ0v) is 13.1. The van der Waals surface area contributed by atoms with Crippen LogP contribution in [0, 0.1) is 6.92 Å². The maximum atomic E-state index is 11.1. The predicted octanol–water partition coefficient (Wildman–Crippen LogP) is 4.28. The summed E-state index contributed by atoms with van der Waals surface area (Å²) in [6, 6.07) is 9.63. The molecule has 0 fully saturated rings. The highest BCUT2D eigenvalue weighted by atomic mass is 33.1. The lowest BCUT2D eigenvalue weighted by Gasteiger charge is -1.99. The zero-order valence-electron chi connectivity index (χ0n) is 10.7. The molecule has 0 unspecified atom stereocenters. The lowest BCUT2D eigenvalue weighted by molar-refractivity contribution is 0.615. The molecular weight excluding hydrogens is 296 g/mol. The third kappa shape index (κ3) is 4.86. The fourth-order valence-corrected chi connectivity index (χ4v) is 4.30. The van der Waals surface area contributed by atoms with Crippen molar-refractivity contribution in [1.82, 2.24) is 0 Å². The van der Waals surface area contributed by atoms with Crippen LogP contribution in [0.25, 0.3) is 12.2 Å². The van der Waals surface area contributed by atoms with E-state index in [9.17, 15) is 8.42 Å². The molecule has 0 amide bonds. The molecule has 0 radical (unpaired) electrons. The van der Waals surface area contributed by atoms with Crippen molar-refractivity contribution in [3.8, 4) is 0 Å². The molecule has 1 aromatic carbocycles. The molecule has 2 rings (SSSR count). The summed E-state index contributed by atoms with van der Waals surface area (Å²) in [5, 5.41) is 2.12. The summed E-state index contributed by atoms with van der Waals surface area (Å²) in [4.78, 5) is 1.96. The minimum absolute atomic E-state index is 0.742. The van der Waals surface area contributed by atoms with E-state index in [4.69, 9.17) is 0 Å². The van der Waals surface area contributed by atoms with E-state index in [1.54, 1.807) is 11.3 Å². The Balaban J connectivity index is 2.08. The molecule has 5 heteroatoms. The van der Waals surface area contributed by atoms with E-state index in [0.717, 1.165) is 21.3 Å². The molecule has 19 heavy (non-hydrogen) atoms. The second kappa shape index (κ2) is 5.94. The van der Waals surface area contributed by atoms with Crippen LogP contribution in [-0.4, -0.2) is 14.7 Å². The van der Waals surface area contributed by atoms with Crippen molar-refractivity contribution < 1.29 is 8.42 Å². The van der Waals surface area contributed by atoms with Crippen molar-refractivity contribution >= 4 is 43.2 Å². The molecule has 0 aliphatic heterocycles. The summed E-state index contributed by atoms with van der Waals surface area (Å²) in [6.45, 7) is 2.07. The first-order chi connectivity index (χ1) is 8.92. The van der Waals surface area contributed by atoms with Crippen molar-refractivity contribution in [2.45, 2.75) is 11.8 Å². The fraction of sp³-hybridized carbons (Fsp3) is 0.143. The molecule has 0 saturated carbocycles. The Hall–Kier alpha value is -1.04. The second-order valence-corrected chi connectivity index (χ2v) is 9.52. The van der Waals surface area contributed by atoms with Gasteiger partial charge in [-0.2, -0.15) is 0 Å². The maximum Gasteiger partial charge on any atom is 0.203 e. The van der Waals surface area contributed by atoms with Gasteiger partial charge in [-0.05, 0) is 47.7 Å². The number of thiophene rings is 1. The lowest BCUT2D eigenvalue weighted by atomic mass is 10.2. The van der Waals surface area contributed by atoms with E-state index < -0.39 is 8.87 Å². The normalized spacial score (nSPS) is 12.1. The average Bonchev–Trinajstić information content (AvgIpc) is 2.72. The van der Waals surface area contributed by atoms with Gasteiger partial charge in [0, 0.05) is 26.8 Å². The van der Waals surface area contributed by atoms with Crippen LogP contribution in [0.4, 0.5) is 0 Å². The van der Waals surface area contributed by atoms with Gasteiger partial charge in [0.1, 0.15) is 0 Å². The van der Waals surface area contributed by atoms with Crippen LogP contribution in [0.1, 0.15) is 16.0 Å². The molecule has 2 nitrogen and oxygen atoms in total. The molecule has 1 heterocycles. The van der Waals surface area contributed by atoms with Gasteiger partial charge in [-0.15, -0.1) is 11.3 Å². The van der Waals surface area contributed by atoms with Crippen molar-refractivity contribution in [2.24, 2.45) is 0 Å². The minimum atomic E-state index is -3.04. The van der Waals surface area contributed by atoms with Gasteiger partial charge in [0.15, 0.2) is 0 Å². The Labute approximate surface area is 121 Å². The Morgan fingerprint density at radius 1 is 1.16 bits per heavy atom. The quantitative estimate of drug-likeness (QED) is 0.791. The van der Waals surface area contributed by atoms with Gasteiger partial charge in [-0.3, -0.25) is 0 Å². The topological polar surface area (TPSA) is 34.1 Å². The Morgan fingerprint density at radius 2 is 1.84 bits per heavy atom. The summed E-state index contributed by atoms with van der Waals surface area (Å²) in [5.74, 6) is 0. The van der Waals surface area contributed by atoms with Gasteiger partial charge < -0.3 is 0 Å². The van der Waals surface area contributed by atoms with Crippen LogP contribution in [0.3, 0.4) is 0 Å². The molecule has 0 atom stereocenters. The minimum Gasteiger partial charge on any atom is -0.217 e. The van der Waals surface area contributed by atoms with Crippen molar-refractivity contribution in [2.75, 3.05) is 6.26 Å². The molecule has 100 valence electrons. The largest absolute Gasteiger partial charge is 0.217 e. The summed E-state index contributed by atoms with van der Waals surface area (Å²) in [5.41, 5.74) is 2.33. The Bertz CT molecular complexity index is 680. The second-order valence-electron chi connectivity index (χ2n) is 4.22. The molecule has 1 aromatic heterocycles. The van der Waals surface area contributed by atoms with E-state index in [1.165, 1.54) is 16.7 Å². The molecule has 0 N–H and O–H groups in total. The van der Waals surface area contributed by atoms with Crippen LogP contribution in [0.5, 0.6) is 0 Å². The van der Waals surface area contributed by atoms with E-state index >= 15 is 0 Å². The predicted molar refractivity (Wildman–Crippen MR) is 85.1 cm³/mol. The third-order valence-electron chi connectivity index (χ3n) is 2.32. The fourth-order valence-electron chi connectivity index (χ4n) is 1.53. The first kappa shape index (κ1) is 14.4. The van der Waals surface area contributed by atoms with E-state index in [2.05, 4.69) is 24.4 Å². The molecule has 0 aliphatic rings. The summed E-state index contributed by atoms with van der Waals surface area (Å²) in [6.07, 6.45) is 5.31. The first-order valence-corrected chi connectivity index (χ1v) is 9.75. The Kier molecular flexibility index (Phi) is 4.50. The van der Waals surface area contributed by atoms with Crippen LogP contribution in [-0.2, 0) is 8.87 Å². The number of aryl methyl sites for hydroxylation is 1. The SMILES string of the molecule is Cc1csc(C=Cc2ccc(SS(C)(=O)=O)cc2)c1. The van der Waals surface area contributed by atoms with Gasteiger partial charge in [0.05, 0.1) is 0 Å². The number of benzene rings is 1. The van der Waals surface area contributed by atoms with Gasteiger partial charge >= 0.3 is 0 Å². The van der Waals surface area contributed by atoms with Crippen molar-refractivity contribution in [1.29, 1.82) is 0 Å². The van der Waals surface area contributed by atoms with Gasteiger partial charge in [0.2, 0.25) is 8.87 Å². The van der Waals surface area contributed by atoms with E-state index in [1.807, 2.05) is 30.3 Å². The van der Waals surface area contributed by atoms with Crippen molar-refractivity contribution in [3.05, 3.63) is 51.7 Å². The average molecular weight is 310 g/mol. The number of hydrogen-bond acceptors (Lipinski definition) is 4. The molecular formula is C14H14O2S3. The number of rotatable bonds is 4. The molecule has 0 saturated heterocycles. The molecule has 2 aromatic rings. The summed E-state index contributed by atoms with van der Waals surface area (Å²) < 4.78 is 22.3. The standard InChI is InChI=1S/C14H14O2S3/c1-11-9-14(17-10-11)8-5-12-3-6-13(7-4-12)18-19(2,15)16/h3-10H,1-2H3. The van der Waals surface area contributed by atoms with Crippen LogP contribution < -0.4 is 0 Å². The third-order valence-corrected chi connectivity index (χ3v) is 5.59. The number of hydrogen-bond donors (Lipinski definition) is 0. The van der Waals surface area contributed by atoms with Crippen molar-refractivity contribution in [3.63, 3.8) is 0 Å². The van der Waals surface area contributed by atoms with E-state index in [-0.39, 0.29) is 0 Å². The summed E-state index contributed by atoms with van der Waals surface area (Å²) in [7, 11) is -2.16. The maximum absolute atomic E-state index is 11.1. The molecule has 0 aliphatic carbocycles. The van der Waals surface area contributed by atoms with Gasteiger partial charge in [-0.25, -0.2) is 8.42 Å². The Morgan fingerprint density at radius 3 is 2.37 bits per heavy atom. The highest BCUT2D eigenvalue weighted by Gasteiger charge is 2.04. The molecule has 0 spiro atoms. The highest BCUT2D eigenvalue weighted by Crippen LogP contribution is 2.24. The zero-order chi connectivity index (χ0) is 13.9. The monoisotopic (exact) mass is 310 g/mol. The van der Waals surface area contributed by atoms with Crippen LogP contribution in [0.15, 0.2) is 40.6 Å². The highest BCUT2D eigenvalue weighted by molar-refractivity contribution is 8.71. The van der Waals surface area contributed by atoms with Crippen LogP contribution in [0.2, 0.25) is 0 Å². The van der Waals surface area contributed by atoms with E-state index in [0.29, 0.717) is 0 Å². The van der Waals surface area contributed by atoms with Gasteiger partial charge in [0.25, 0.3) is 0 Å². The van der Waals surface area contributed by atoms with Gasteiger partial charge in [-0.1, -0.05) is 18.2 Å². The molecule has 0 bridgehead atoms. The van der Waals surface area contributed by atoms with Crippen LogP contribution >= 0.6 is 22.1 Å². The summed E-state index contributed by atoms with van der Waals surface area (Å²) >= 11 is 1.71. The first-order valence-electron chi connectivity index (χ1n) is 5.65.